The molecule has 0 unspecified atom stereocenters. The molecule has 128 valence electrons. The van der Waals surface area contributed by atoms with E-state index in [9.17, 15) is 4.79 Å². The monoisotopic (exact) mass is 355 g/mol. The van der Waals surface area contributed by atoms with E-state index >= 15 is 0 Å². The fourth-order valence-corrected chi connectivity index (χ4v) is 3.71. The van der Waals surface area contributed by atoms with Crippen LogP contribution < -0.4 is 0 Å². The zero-order chi connectivity index (χ0) is 17.1. The molecule has 1 fully saturated rings. The van der Waals surface area contributed by atoms with Crippen LogP contribution in [0.25, 0.3) is 11.5 Å². The summed E-state index contributed by atoms with van der Waals surface area (Å²) in [6, 6.07) is 3.79. The van der Waals surface area contributed by atoms with Crippen molar-refractivity contribution in [3.8, 4) is 11.5 Å². The summed E-state index contributed by atoms with van der Waals surface area (Å²) in [4.78, 5) is 25.0. The van der Waals surface area contributed by atoms with Crippen molar-refractivity contribution >= 4 is 17.2 Å². The highest BCUT2D eigenvalue weighted by molar-refractivity contribution is 7.12. The van der Waals surface area contributed by atoms with Crippen LogP contribution in [0.3, 0.4) is 0 Å². The molecule has 1 aliphatic rings. The molecule has 1 aliphatic heterocycles. The Kier molecular flexibility index (Phi) is 4.47. The van der Waals surface area contributed by atoms with E-state index in [0.717, 1.165) is 30.8 Å². The predicted octanol–water partition coefficient (Wildman–Crippen LogP) is 1.74. The third-order valence-corrected chi connectivity index (χ3v) is 5.06. The third-order valence-electron chi connectivity index (χ3n) is 4.20. The number of hydrogen-bond acceptors (Lipinski definition) is 7. The number of carbonyl (C=O) groups is 1. The van der Waals surface area contributed by atoms with Crippen molar-refractivity contribution in [2.45, 2.75) is 19.4 Å². The zero-order valence-corrected chi connectivity index (χ0v) is 14.3. The van der Waals surface area contributed by atoms with Crippen molar-refractivity contribution in [2.24, 2.45) is 5.92 Å². The molecule has 0 saturated carbocycles. The van der Waals surface area contributed by atoms with Gasteiger partial charge in [0.1, 0.15) is 5.69 Å². The van der Waals surface area contributed by atoms with E-state index in [0.29, 0.717) is 24.0 Å². The first-order valence-electron chi connectivity index (χ1n) is 8.16. The van der Waals surface area contributed by atoms with Gasteiger partial charge in [0.25, 0.3) is 5.91 Å². The van der Waals surface area contributed by atoms with E-state index < -0.39 is 0 Å². The molecule has 9 heteroatoms. The van der Waals surface area contributed by atoms with E-state index in [1.54, 1.807) is 23.4 Å². The number of carbonyl (C=O) groups excluding carboxylic acids is 1. The number of aromatic nitrogens is 6. The van der Waals surface area contributed by atoms with Crippen molar-refractivity contribution in [2.75, 3.05) is 13.1 Å². The minimum Gasteiger partial charge on any atom is -0.338 e. The van der Waals surface area contributed by atoms with Crippen molar-refractivity contribution in [3.63, 3.8) is 0 Å². The highest BCUT2D eigenvalue weighted by Gasteiger charge is 2.26. The standard InChI is InChI=1S/C16H17N7OS/c24-16(14-4-2-8-25-14)22-7-1-3-12(10-22)11-23-20-15(19-21-23)13-9-17-5-6-18-13/h2,4-6,8-9,12H,1,3,7,10-11H2/t12-/m1/s1. The van der Waals surface area contributed by atoms with Crippen LogP contribution in [0.15, 0.2) is 36.1 Å². The molecule has 3 aromatic heterocycles. The van der Waals surface area contributed by atoms with Crippen molar-refractivity contribution in [1.29, 1.82) is 0 Å². The fraction of sp³-hybridized carbons (Fsp3) is 0.375. The maximum absolute atomic E-state index is 12.5. The summed E-state index contributed by atoms with van der Waals surface area (Å²) in [5.41, 5.74) is 0.604. The summed E-state index contributed by atoms with van der Waals surface area (Å²) >= 11 is 1.49. The summed E-state index contributed by atoms with van der Waals surface area (Å²) in [7, 11) is 0. The number of rotatable bonds is 4. The van der Waals surface area contributed by atoms with Crippen LogP contribution in [0.4, 0.5) is 0 Å². The lowest BCUT2D eigenvalue weighted by molar-refractivity contribution is 0.0661. The van der Waals surface area contributed by atoms with Crippen LogP contribution in [0.1, 0.15) is 22.5 Å². The molecule has 1 saturated heterocycles. The summed E-state index contributed by atoms with van der Waals surface area (Å²) in [6.45, 7) is 2.17. The van der Waals surface area contributed by atoms with Gasteiger partial charge in [-0.1, -0.05) is 6.07 Å². The maximum atomic E-state index is 12.5. The van der Waals surface area contributed by atoms with E-state index in [2.05, 4.69) is 25.4 Å². The largest absolute Gasteiger partial charge is 0.338 e. The topological polar surface area (TPSA) is 89.7 Å². The molecule has 0 spiro atoms. The molecule has 4 heterocycles. The Morgan fingerprint density at radius 3 is 3.12 bits per heavy atom. The smallest absolute Gasteiger partial charge is 0.263 e. The van der Waals surface area contributed by atoms with Gasteiger partial charge in [0.05, 0.1) is 17.6 Å². The Hall–Kier alpha value is -2.68. The van der Waals surface area contributed by atoms with Crippen LogP contribution in [0, 0.1) is 5.92 Å². The van der Waals surface area contributed by atoms with Gasteiger partial charge in [-0.15, -0.1) is 21.5 Å². The van der Waals surface area contributed by atoms with E-state index in [1.165, 1.54) is 11.3 Å². The summed E-state index contributed by atoms with van der Waals surface area (Å²) in [6.07, 6.45) is 6.87. The number of nitrogens with zero attached hydrogens (tertiary/aromatic N) is 7. The lowest BCUT2D eigenvalue weighted by atomic mass is 9.98. The Morgan fingerprint density at radius 1 is 1.36 bits per heavy atom. The van der Waals surface area contributed by atoms with Gasteiger partial charge < -0.3 is 4.90 Å². The number of likely N-dealkylation sites (tertiary alicyclic amines) is 1. The average Bonchev–Trinajstić information content (AvgIpc) is 3.34. The molecule has 8 nitrogen and oxygen atoms in total. The van der Waals surface area contributed by atoms with Crippen LogP contribution in [0.5, 0.6) is 0 Å². The van der Waals surface area contributed by atoms with Gasteiger partial charge in [0.15, 0.2) is 0 Å². The first kappa shape index (κ1) is 15.8. The molecule has 0 bridgehead atoms. The minimum atomic E-state index is 0.117. The lowest BCUT2D eigenvalue weighted by Crippen LogP contribution is -2.41. The molecule has 1 amide bonds. The molecule has 0 radical (unpaired) electrons. The Labute approximate surface area is 148 Å². The number of hydrogen-bond donors (Lipinski definition) is 0. The van der Waals surface area contributed by atoms with Crippen molar-refractivity contribution in [3.05, 3.63) is 41.0 Å². The van der Waals surface area contributed by atoms with Crippen LogP contribution in [0.2, 0.25) is 0 Å². The quantitative estimate of drug-likeness (QED) is 0.708. The molecule has 1 atom stereocenters. The number of piperidine rings is 1. The molecule has 3 aromatic rings. The van der Waals surface area contributed by atoms with Crippen LogP contribution in [-0.4, -0.2) is 54.1 Å². The normalized spacial score (nSPS) is 17.6. The molecular weight excluding hydrogens is 338 g/mol. The Morgan fingerprint density at radius 2 is 2.32 bits per heavy atom. The van der Waals surface area contributed by atoms with E-state index in [4.69, 9.17) is 0 Å². The van der Waals surface area contributed by atoms with Gasteiger partial charge in [-0.2, -0.15) is 4.80 Å². The number of tetrazole rings is 1. The summed E-state index contributed by atoms with van der Waals surface area (Å²) in [5.74, 6) is 0.906. The molecular formula is C16H17N7OS. The van der Waals surface area contributed by atoms with Gasteiger partial charge in [-0.25, -0.2) is 4.98 Å². The number of amides is 1. The fourth-order valence-electron chi connectivity index (χ4n) is 3.02. The Balaban J connectivity index is 1.41. The molecule has 0 N–H and O–H groups in total. The first-order chi connectivity index (χ1) is 12.3. The highest BCUT2D eigenvalue weighted by Crippen LogP contribution is 2.21. The van der Waals surface area contributed by atoms with Crippen LogP contribution in [-0.2, 0) is 6.54 Å². The molecule has 0 aliphatic carbocycles. The van der Waals surface area contributed by atoms with E-state index in [-0.39, 0.29) is 5.91 Å². The van der Waals surface area contributed by atoms with Gasteiger partial charge in [0, 0.05) is 25.5 Å². The highest BCUT2D eigenvalue weighted by atomic mass is 32.1. The maximum Gasteiger partial charge on any atom is 0.263 e. The average molecular weight is 355 g/mol. The van der Waals surface area contributed by atoms with Crippen molar-refractivity contribution < 1.29 is 4.79 Å². The molecule has 4 rings (SSSR count). The second-order valence-electron chi connectivity index (χ2n) is 6.00. The SMILES string of the molecule is O=C(c1cccs1)N1CCC[C@@H](Cn2nnc(-c3cnccn3)n2)C1. The minimum absolute atomic E-state index is 0.117. The predicted molar refractivity (Wildman–Crippen MR) is 91.8 cm³/mol. The van der Waals surface area contributed by atoms with Crippen molar-refractivity contribution in [1.82, 2.24) is 35.1 Å². The Bertz CT molecular complexity index is 833. The molecule has 0 aromatic carbocycles. The van der Waals surface area contributed by atoms with E-state index in [1.807, 2.05) is 22.4 Å². The summed E-state index contributed by atoms with van der Waals surface area (Å²) in [5, 5.41) is 14.5. The lowest BCUT2D eigenvalue weighted by Gasteiger charge is -2.32. The first-order valence-corrected chi connectivity index (χ1v) is 9.04. The van der Waals surface area contributed by atoms with Gasteiger partial charge in [-0.05, 0) is 35.4 Å². The molecule has 25 heavy (non-hydrogen) atoms. The third kappa shape index (κ3) is 3.55. The number of thiophene rings is 1. The summed E-state index contributed by atoms with van der Waals surface area (Å²) < 4.78 is 0. The van der Waals surface area contributed by atoms with Gasteiger partial charge in [0.2, 0.25) is 5.82 Å². The second kappa shape index (κ2) is 7.06. The second-order valence-corrected chi connectivity index (χ2v) is 6.94. The zero-order valence-electron chi connectivity index (χ0n) is 13.5. The van der Waals surface area contributed by atoms with Gasteiger partial charge in [-0.3, -0.25) is 9.78 Å². The van der Waals surface area contributed by atoms with Gasteiger partial charge >= 0.3 is 0 Å². The van der Waals surface area contributed by atoms with Crippen LogP contribution >= 0.6 is 11.3 Å².